The summed E-state index contributed by atoms with van der Waals surface area (Å²) in [6.45, 7) is 2.06. The van der Waals surface area contributed by atoms with Crippen molar-refractivity contribution in [2.45, 2.75) is 6.92 Å². The lowest BCUT2D eigenvalue weighted by Gasteiger charge is -2.08. The third kappa shape index (κ3) is 5.04. The molecule has 0 aliphatic rings. The number of rotatable bonds is 6. The van der Waals surface area contributed by atoms with Crippen LogP contribution in [0.1, 0.15) is 17.4 Å². The summed E-state index contributed by atoms with van der Waals surface area (Å²) < 4.78 is 11.1. The van der Waals surface area contributed by atoms with E-state index in [1.165, 1.54) is 18.3 Å². The Morgan fingerprint density at radius 1 is 1.47 bits per heavy atom. The van der Waals surface area contributed by atoms with Crippen LogP contribution in [0.5, 0.6) is 0 Å². The first-order valence-corrected chi connectivity index (χ1v) is 7.11. The number of hydrogen-bond donors (Lipinski definition) is 3. The average Bonchev–Trinajstić information content (AvgIpc) is 2.38. The molecule has 1 aromatic rings. The number of nitrogens with one attached hydrogen (secondary N) is 2. The Balaban J connectivity index is 2.53. The fourth-order valence-electron chi connectivity index (χ4n) is 1.27. The molecule has 1 rings (SSSR count). The molecule has 2 amide bonds. The second-order valence-electron chi connectivity index (χ2n) is 3.52. The first kappa shape index (κ1) is 15.1. The van der Waals surface area contributed by atoms with E-state index < -0.39 is 22.8 Å². The van der Waals surface area contributed by atoms with Gasteiger partial charge in [-0.2, -0.15) is 0 Å². The molecule has 1 atom stereocenters. The summed E-state index contributed by atoms with van der Waals surface area (Å²) in [6, 6.07) is 2.41. The SMILES string of the molecule is CCS(=O)CCNC(=O)Nc1cccnc1C(=O)O. The van der Waals surface area contributed by atoms with E-state index >= 15 is 0 Å². The third-order valence-electron chi connectivity index (χ3n) is 2.20. The van der Waals surface area contributed by atoms with Crippen molar-refractivity contribution in [2.24, 2.45) is 0 Å². The Hall–Kier alpha value is -1.96. The van der Waals surface area contributed by atoms with E-state index in [1.54, 1.807) is 6.92 Å². The molecular formula is C11H15N3O4S. The number of carboxylic acids is 1. The Bertz CT molecular complexity index is 493. The molecule has 19 heavy (non-hydrogen) atoms. The number of anilines is 1. The van der Waals surface area contributed by atoms with Gasteiger partial charge in [-0.15, -0.1) is 0 Å². The van der Waals surface area contributed by atoms with Crippen molar-refractivity contribution in [3.8, 4) is 0 Å². The van der Waals surface area contributed by atoms with E-state index in [9.17, 15) is 13.8 Å². The Morgan fingerprint density at radius 3 is 2.84 bits per heavy atom. The van der Waals surface area contributed by atoms with Crippen LogP contribution in [0, 0.1) is 0 Å². The Labute approximate surface area is 112 Å². The van der Waals surface area contributed by atoms with Gasteiger partial charge in [0.1, 0.15) is 0 Å². The number of urea groups is 1. The maximum atomic E-state index is 11.5. The number of nitrogens with zero attached hydrogens (tertiary/aromatic N) is 1. The molecule has 8 heteroatoms. The number of aromatic nitrogens is 1. The number of hydrogen-bond acceptors (Lipinski definition) is 4. The minimum Gasteiger partial charge on any atom is -0.476 e. The number of amides is 2. The predicted molar refractivity (Wildman–Crippen MR) is 71.8 cm³/mol. The van der Waals surface area contributed by atoms with Gasteiger partial charge in [-0.3, -0.25) is 4.21 Å². The van der Waals surface area contributed by atoms with Crippen LogP contribution >= 0.6 is 0 Å². The van der Waals surface area contributed by atoms with Gasteiger partial charge in [-0.25, -0.2) is 14.6 Å². The predicted octanol–water partition coefficient (Wildman–Crippen LogP) is 0.670. The summed E-state index contributed by atoms with van der Waals surface area (Å²) in [5, 5.41) is 13.8. The highest BCUT2D eigenvalue weighted by Gasteiger charge is 2.12. The first-order valence-electron chi connectivity index (χ1n) is 5.62. The van der Waals surface area contributed by atoms with Gasteiger partial charge in [-0.05, 0) is 12.1 Å². The molecule has 0 fully saturated rings. The van der Waals surface area contributed by atoms with Crippen molar-refractivity contribution in [2.75, 3.05) is 23.4 Å². The molecule has 3 N–H and O–H groups in total. The summed E-state index contributed by atoms with van der Waals surface area (Å²) in [7, 11) is -0.951. The van der Waals surface area contributed by atoms with Gasteiger partial charge in [0.2, 0.25) is 0 Å². The molecule has 0 saturated heterocycles. The molecule has 1 heterocycles. The molecule has 0 saturated carbocycles. The van der Waals surface area contributed by atoms with E-state index in [1.807, 2.05) is 0 Å². The topological polar surface area (TPSA) is 108 Å². The smallest absolute Gasteiger partial charge is 0.356 e. The summed E-state index contributed by atoms with van der Waals surface area (Å²) in [6.07, 6.45) is 1.33. The second-order valence-corrected chi connectivity index (χ2v) is 5.38. The standard InChI is InChI=1S/C11H15N3O4S/c1-2-19(18)7-6-13-11(17)14-8-4-3-5-12-9(8)10(15)16/h3-5H,2,6-7H2,1H3,(H,15,16)(H2,13,14,17). The van der Waals surface area contributed by atoms with E-state index in [4.69, 9.17) is 5.11 Å². The highest BCUT2D eigenvalue weighted by molar-refractivity contribution is 7.84. The van der Waals surface area contributed by atoms with Crippen molar-refractivity contribution < 1.29 is 18.9 Å². The van der Waals surface area contributed by atoms with Crippen molar-refractivity contribution in [3.05, 3.63) is 24.0 Å². The molecule has 0 aromatic carbocycles. The second kappa shape index (κ2) is 7.47. The van der Waals surface area contributed by atoms with Crippen molar-refractivity contribution in [3.63, 3.8) is 0 Å². The number of aromatic carboxylic acids is 1. The summed E-state index contributed by atoms with van der Waals surface area (Å²) in [4.78, 5) is 26.0. The summed E-state index contributed by atoms with van der Waals surface area (Å²) in [5.74, 6) is -0.319. The Kier molecular flexibility index (Phi) is 5.94. The monoisotopic (exact) mass is 285 g/mol. The number of carbonyl (C=O) groups is 2. The van der Waals surface area contributed by atoms with E-state index in [0.29, 0.717) is 11.5 Å². The van der Waals surface area contributed by atoms with E-state index in [0.717, 1.165) is 0 Å². The molecule has 0 aliphatic carbocycles. The third-order valence-corrected chi connectivity index (χ3v) is 3.50. The highest BCUT2D eigenvalue weighted by Crippen LogP contribution is 2.11. The lowest BCUT2D eigenvalue weighted by molar-refractivity contribution is 0.0691. The van der Waals surface area contributed by atoms with E-state index in [2.05, 4.69) is 15.6 Å². The zero-order chi connectivity index (χ0) is 14.3. The first-order chi connectivity index (χ1) is 9.04. The van der Waals surface area contributed by atoms with Gasteiger partial charge >= 0.3 is 12.0 Å². The normalized spacial score (nSPS) is 11.6. The van der Waals surface area contributed by atoms with Crippen molar-refractivity contribution >= 4 is 28.5 Å². The lowest BCUT2D eigenvalue weighted by Crippen LogP contribution is -2.32. The molecule has 7 nitrogen and oxygen atoms in total. The van der Waals surface area contributed by atoms with Crippen LogP contribution in [0.2, 0.25) is 0 Å². The van der Waals surface area contributed by atoms with Crippen molar-refractivity contribution in [1.29, 1.82) is 0 Å². The van der Waals surface area contributed by atoms with E-state index in [-0.39, 0.29) is 17.9 Å². The molecule has 1 unspecified atom stereocenters. The highest BCUT2D eigenvalue weighted by atomic mass is 32.2. The fourth-order valence-corrected chi connectivity index (χ4v) is 1.88. The van der Waals surface area contributed by atoms with Gasteiger partial charge in [0.15, 0.2) is 5.69 Å². The summed E-state index contributed by atoms with van der Waals surface area (Å²) in [5.41, 5.74) is -0.112. The zero-order valence-corrected chi connectivity index (χ0v) is 11.2. The van der Waals surface area contributed by atoms with Crippen LogP contribution in [0.4, 0.5) is 10.5 Å². The number of carbonyl (C=O) groups excluding carboxylic acids is 1. The van der Waals surface area contributed by atoms with Gasteiger partial charge in [0.05, 0.1) is 5.69 Å². The molecule has 0 radical (unpaired) electrons. The van der Waals surface area contributed by atoms with Gasteiger partial charge in [-0.1, -0.05) is 6.92 Å². The average molecular weight is 285 g/mol. The maximum absolute atomic E-state index is 11.5. The molecule has 104 valence electrons. The van der Waals surface area contributed by atoms with Crippen LogP contribution in [0.15, 0.2) is 18.3 Å². The number of pyridine rings is 1. The molecule has 1 aromatic heterocycles. The van der Waals surface area contributed by atoms with Gasteiger partial charge in [0, 0.05) is 35.0 Å². The van der Waals surface area contributed by atoms with Crippen LogP contribution in [0.3, 0.4) is 0 Å². The van der Waals surface area contributed by atoms with Crippen LogP contribution in [-0.2, 0) is 10.8 Å². The molecule has 0 aliphatic heterocycles. The van der Waals surface area contributed by atoms with Crippen LogP contribution < -0.4 is 10.6 Å². The molecule has 0 bridgehead atoms. The Morgan fingerprint density at radius 2 is 2.21 bits per heavy atom. The molecule has 0 spiro atoms. The minimum absolute atomic E-state index is 0.115. The largest absolute Gasteiger partial charge is 0.476 e. The zero-order valence-electron chi connectivity index (χ0n) is 10.4. The van der Waals surface area contributed by atoms with Crippen molar-refractivity contribution in [1.82, 2.24) is 10.3 Å². The summed E-state index contributed by atoms with van der Waals surface area (Å²) >= 11 is 0. The fraction of sp³-hybridized carbons (Fsp3) is 0.364. The number of carboxylic acid groups (broad SMARTS) is 1. The van der Waals surface area contributed by atoms with Crippen LogP contribution in [0.25, 0.3) is 0 Å². The minimum atomic E-state index is -1.22. The van der Waals surface area contributed by atoms with Gasteiger partial charge < -0.3 is 15.7 Å². The maximum Gasteiger partial charge on any atom is 0.356 e. The lowest BCUT2D eigenvalue weighted by atomic mass is 10.3. The van der Waals surface area contributed by atoms with Crippen LogP contribution in [-0.4, -0.2) is 44.4 Å². The van der Waals surface area contributed by atoms with Gasteiger partial charge in [0.25, 0.3) is 0 Å². The quantitative estimate of drug-likeness (QED) is 0.712. The molecular weight excluding hydrogens is 270 g/mol.